The van der Waals surface area contributed by atoms with Gasteiger partial charge in [0.05, 0.1) is 0 Å². The van der Waals surface area contributed by atoms with E-state index in [4.69, 9.17) is 0 Å². The maximum atomic E-state index is 13.8. The van der Waals surface area contributed by atoms with E-state index < -0.39 is 42.8 Å². The minimum Gasteiger partial charge on any atom is -0.347 e. The molecule has 0 aliphatic carbocycles. The Bertz CT molecular complexity index is 612. The van der Waals surface area contributed by atoms with Crippen molar-refractivity contribution in [3.63, 3.8) is 0 Å². The van der Waals surface area contributed by atoms with Gasteiger partial charge >= 0.3 is 6.18 Å². The Balaban J connectivity index is 2.36. The van der Waals surface area contributed by atoms with Crippen molar-refractivity contribution in [1.82, 2.24) is 4.90 Å². The molecule has 1 heterocycles. The van der Waals surface area contributed by atoms with Gasteiger partial charge in [0.2, 0.25) is 0 Å². The van der Waals surface area contributed by atoms with Gasteiger partial charge in [0, 0.05) is 18.5 Å². The molecule has 1 aliphatic rings. The monoisotopic (exact) mass is 321 g/mol. The maximum absolute atomic E-state index is 13.8. The third-order valence-corrected chi connectivity index (χ3v) is 3.34. The van der Waals surface area contributed by atoms with Gasteiger partial charge in [0.1, 0.15) is 6.54 Å². The van der Waals surface area contributed by atoms with E-state index in [1.54, 1.807) is 0 Å². The fourth-order valence-electron chi connectivity index (χ4n) is 2.29. The first-order valence-electron chi connectivity index (χ1n) is 6.51. The fourth-order valence-corrected chi connectivity index (χ4v) is 2.29. The van der Waals surface area contributed by atoms with Gasteiger partial charge in [-0.3, -0.25) is 4.79 Å². The van der Waals surface area contributed by atoms with Crippen LogP contribution < -0.4 is 5.73 Å². The van der Waals surface area contributed by atoms with Crippen LogP contribution in [0.5, 0.6) is 0 Å². The molecular formula is C14H14F5N2O+. The van der Waals surface area contributed by atoms with Crippen molar-refractivity contribution < 1.29 is 32.5 Å². The number of amides is 1. The van der Waals surface area contributed by atoms with Crippen molar-refractivity contribution in [2.24, 2.45) is 0 Å². The number of nitrogens with zero attached hydrogens (tertiary/aromatic N) is 1. The molecular weight excluding hydrogens is 307 g/mol. The lowest BCUT2D eigenvalue weighted by Crippen LogP contribution is -2.67. The molecule has 1 aromatic carbocycles. The summed E-state index contributed by atoms with van der Waals surface area (Å²) in [6.45, 7) is -1.89. The van der Waals surface area contributed by atoms with E-state index in [1.807, 2.05) is 0 Å². The second-order valence-corrected chi connectivity index (χ2v) is 5.07. The second-order valence-electron chi connectivity index (χ2n) is 5.07. The summed E-state index contributed by atoms with van der Waals surface area (Å²) in [5, 5.41) is 0. The first-order valence-corrected chi connectivity index (χ1v) is 6.51. The number of hydrogen-bond donors (Lipinski definition) is 1. The van der Waals surface area contributed by atoms with Crippen LogP contribution in [-0.4, -0.2) is 36.1 Å². The van der Waals surface area contributed by atoms with Crippen molar-refractivity contribution >= 4 is 11.5 Å². The van der Waals surface area contributed by atoms with Crippen LogP contribution in [0.25, 0.3) is 5.57 Å². The first-order chi connectivity index (χ1) is 10.2. The molecule has 3 N–H and O–H groups in total. The molecule has 0 fully saturated rings. The number of rotatable bonds is 2. The summed E-state index contributed by atoms with van der Waals surface area (Å²) >= 11 is 0. The summed E-state index contributed by atoms with van der Waals surface area (Å²) in [5.74, 6) is -3.00. The SMILES string of the molecule is [NH3+]C1CC=C(c2cccc(F)c2F)CN(CC(F)(F)F)C1=O. The number of quaternary nitrogens is 1. The Morgan fingerprint density at radius 1 is 1.27 bits per heavy atom. The predicted octanol–water partition coefficient (Wildman–Crippen LogP) is 1.75. The number of benzene rings is 1. The van der Waals surface area contributed by atoms with Crippen molar-refractivity contribution in [2.75, 3.05) is 13.1 Å². The molecule has 1 aromatic rings. The lowest BCUT2D eigenvalue weighted by Gasteiger charge is -2.24. The molecule has 2 rings (SSSR count). The Hall–Kier alpha value is -1.96. The van der Waals surface area contributed by atoms with E-state index in [-0.39, 0.29) is 17.6 Å². The molecule has 1 aliphatic heterocycles. The van der Waals surface area contributed by atoms with Gasteiger partial charge in [-0.25, -0.2) is 8.78 Å². The van der Waals surface area contributed by atoms with Gasteiger partial charge in [-0.15, -0.1) is 0 Å². The second kappa shape index (κ2) is 6.04. The van der Waals surface area contributed by atoms with Gasteiger partial charge in [-0.1, -0.05) is 18.2 Å². The van der Waals surface area contributed by atoms with Crippen LogP contribution in [0.2, 0.25) is 0 Å². The molecule has 0 aromatic heterocycles. The molecule has 1 atom stereocenters. The van der Waals surface area contributed by atoms with Crippen LogP contribution in [0, 0.1) is 11.6 Å². The van der Waals surface area contributed by atoms with Crippen molar-refractivity contribution in [3.8, 4) is 0 Å². The van der Waals surface area contributed by atoms with Gasteiger partial charge in [-0.05, 0) is 11.6 Å². The van der Waals surface area contributed by atoms with Crippen LogP contribution in [-0.2, 0) is 4.79 Å². The molecule has 8 heteroatoms. The third-order valence-electron chi connectivity index (χ3n) is 3.34. The summed E-state index contributed by atoms with van der Waals surface area (Å²) in [6, 6.07) is 2.55. The Kier molecular flexibility index (Phi) is 4.50. The topological polar surface area (TPSA) is 48.0 Å². The summed E-state index contributed by atoms with van der Waals surface area (Å²) < 4.78 is 64.8. The highest BCUT2D eigenvalue weighted by Gasteiger charge is 2.37. The minimum atomic E-state index is -4.58. The van der Waals surface area contributed by atoms with E-state index in [1.165, 1.54) is 18.2 Å². The van der Waals surface area contributed by atoms with E-state index >= 15 is 0 Å². The van der Waals surface area contributed by atoms with E-state index in [0.717, 1.165) is 6.07 Å². The number of carbonyl (C=O) groups is 1. The van der Waals surface area contributed by atoms with Gasteiger partial charge in [-0.2, -0.15) is 13.2 Å². The molecule has 0 radical (unpaired) electrons. The summed E-state index contributed by atoms with van der Waals surface area (Å²) in [4.78, 5) is 12.5. The van der Waals surface area contributed by atoms with Crippen molar-refractivity contribution in [2.45, 2.75) is 18.6 Å². The van der Waals surface area contributed by atoms with E-state index in [0.29, 0.717) is 4.90 Å². The quantitative estimate of drug-likeness (QED) is 0.829. The summed E-state index contributed by atoms with van der Waals surface area (Å²) in [6.07, 6.45) is -3.08. The average Bonchev–Trinajstić information content (AvgIpc) is 2.54. The number of hydrogen-bond acceptors (Lipinski definition) is 1. The molecule has 1 unspecified atom stereocenters. The molecule has 0 saturated heterocycles. The molecule has 3 nitrogen and oxygen atoms in total. The lowest BCUT2D eigenvalue weighted by atomic mass is 10.0. The van der Waals surface area contributed by atoms with E-state index in [2.05, 4.69) is 5.73 Å². The standard InChI is InChI=1S/C14H13F5N2O/c15-10-3-1-2-9(12(10)16)8-4-5-11(20)13(22)21(6-8)7-14(17,18)19/h1-4,11H,5-7,20H2/p+1. The average molecular weight is 321 g/mol. The molecule has 120 valence electrons. The smallest absolute Gasteiger partial charge is 0.347 e. The largest absolute Gasteiger partial charge is 0.406 e. The van der Waals surface area contributed by atoms with Crippen molar-refractivity contribution in [3.05, 3.63) is 41.5 Å². The number of alkyl halides is 3. The van der Waals surface area contributed by atoms with Gasteiger partial charge < -0.3 is 10.6 Å². The highest BCUT2D eigenvalue weighted by atomic mass is 19.4. The number of carbonyl (C=O) groups excluding carboxylic acids is 1. The van der Waals surface area contributed by atoms with Crippen LogP contribution >= 0.6 is 0 Å². The zero-order valence-electron chi connectivity index (χ0n) is 11.5. The zero-order valence-corrected chi connectivity index (χ0v) is 11.5. The lowest BCUT2D eigenvalue weighted by molar-refractivity contribution is -0.404. The number of halogens is 5. The maximum Gasteiger partial charge on any atom is 0.406 e. The third kappa shape index (κ3) is 3.62. The molecule has 1 amide bonds. The normalized spacial score (nSPS) is 19.9. The van der Waals surface area contributed by atoms with Crippen LogP contribution in [0.3, 0.4) is 0 Å². The van der Waals surface area contributed by atoms with Crippen molar-refractivity contribution in [1.29, 1.82) is 0 Å². The van der Waals surface area contributed by atoms with Gasteiger partial charge in [0.25, 0.3) is 5.91 Å². The van der Waals surface area contributed by atoms with Gasteiger partial charge in [0.15, 0.2) is 17.7 Å². The Labute approximate surface area is 123 Å². The molecule has 0 saturated carbocycles. The highest BCUT2D eigenvalue weighted by Crippen LogP contribution is 2.26. The van der Waals surface area contributed by atoms with Crippen LogP contribution in [0.4, 0.5) is 22.0 Å². The van der Waals surface area contributed by atoms with E-state index in [9.17, 15) is 26.7 Å². The van der Waals surface area contributed by atoms with Crippen LogP contribution in [0.15, 0.2) is 24.3 Å². The minimum absolute atomic E-state index is 0.0679. The summed E-state index contributed by atoms with van der Waals surface area (Å²) in [7, 11) is 0. The zero-order chi connectivity index (χ0) is 16.5. The Morgan fingerprint density at radius 3 is 2.59 bits per heavy atom. The van der Waals surface area contributed by atoms with Crippen LogP contribution in [0.1, 0.15) is 12.0 Å². The molecule has 0 bridgehead atoms. The Morgan fingerprint density at radius 2 is 1.95 bits per heavy atom. The fraction of sp³-hybridized carbons (Fsp3) is 0.357. The first kappa shape index (κ1) is 16.4. The highest BCUT2D eigenvalue weighted by molar-refractivity contribution is 5.84. The predicted molar refractivity (Wildman–Crippen MR) is 68.3 cm³/mol. The summed E-state index contributed by atoms with van der Waals surface area (Å²) in [5.41, 5.74) is 3.51. The molecule has 0 spiro atoms. The molecule has 22 heavy (non-hydrogen) atoms.